The van der Waals surface area contributed by atoms with E-state index in [1.54, 1.807) is 0 Å². The number of amides is 1. The standard InChI is InChI=1S/C19H29N3O.2ClH/c1-2-10-22(18-8-9-20-14-18)19(23)17-7-5-6-16(13-17)15-21-11-3-4-12-21;;/h5-7,13,18,20H,2-4,8-12,14-15H2,1H3;2*1H. The largest absolute Gasteiger partial charge is 0.334 e. The summed E-state index contributed by atoms with van der Waals surface area (Å²) in [7, 11) is 0. The molecule has 0 spiro atoms. The predicted octanol–water partition coefficient (Wildman–Crippen LogP) is 3.34. The van der Waals surface area contributed by atoms with Crippen LogP contribution < -0.4 is 5.32 Å². The van der Waals surface area contributed by atoms with E-state index in [1.807, 2.05) is 12.1 Å². The van der Waals surface area contributed by atoms with Gasteiger partial charge in [-0.2, -0.15) is 0 Å². The maximum Gasteiger partial charge on any atom is 0.254 e. The number of benzene rings is 1. The minimum absolute atomic E-state index is 0. The molecule has 2 aliphatic heterocycles. The summed E-state index contributed by atoms with van der Waals surface area (Å²) < 4.78 is 0. The molecule has 2 fully saturated rings. The summed E-state index contributed by atoms with van der Waals surface area (Å²) in [5, 5.41) is 3.38. The minimum Gasteiger partial charge on any atom is -0.334 e. The molecule has 25 heavy (non-hydrogen) atoms. The fourth-order valence-electron chi connectivity index (χ4n) is 3.76. The second kappa shape index (κ2) is 11.0. The molecule has 2 aliphatic rings. The smallest absolute Gasteiger partial charge is 0.254 e. The average molecular weight is 388 g/mol. The first-order chi connectivity index (χ1) is 11.3. The molecule has 1 aromatic carbocycles. The quantitative estimate of drug-likeness (QED) is 0.812. The molecule has 1 unspecified atom stereocenters. The van der Waals surface area contributed by atoms with E-state index in [4.69, 9.17) is 0 Å². The summed E-state index contributed by atoms with van der Waals surface area (Å²) in [6.45, 7) is 8.29. The number of hydrogen-bond donors (Lipinski definition) is 1. The Balaban J connectivity index is 0.00000156. The van der Waals surface area contributed by atoms with E-state index in [9.17, 15) is 4.79 Å². The molecule has 3 rings (SSSR count). The van der Waals surface area contributed by atoms with E-state index < -0.39 is 0 Å². The molecular formula is C19H31Cl2N3O. The molecule has 2 saturated heterocycles. The number of carbonyl (C=O) groups excluding carboxylic acids is 1. The molecular weight excluding hydrogens is 357 g/mol. The molecule has 0 saturated carbocycles. The second-order valence-corrected chi connectivity index (χ2v) is 6.83. The van der Waals surface area contributed by atoms with E-state index in [0.29, 0.717) is 6.04 Å². The second-order valence-electron chi connectivity index (χ2n) is 6.83. The van der Waals surface area contributed by atoms with Crippen molar-refractivity contribution in [3.05, 3.63) is 35.4 Å². The van der Waals surface area contributed by atoms with Crippen LogP contribution in [-0.2, 0) is 6.54 Å². The van der Waals surface area contributed by atoms with Gasteiger partial charge in [0.2, 0.25) is 0 Å². The Morgan fingerprint density at radius 3 is 2.68 bits per heavy atom. The summed E-state index contributed by atoms with van der Waals surface area (Å²) in [4.78, 5) is 17.6. The molecule has 0 bridgehead atoms. The first-order valence-corrected chi connectivity index (χ1v) is 9.11. The summed E-state index contributed by atoms with van der Waals surface area (Å²) in [6, 6.07) is 8.61. The van der Waals surface area contributed by atoms with Crippen LogP contribution in [-0.4, -0.2) is 54.5 Å². The van der Waals surface area contributed by atoms with Gasteiger partial charge in [0.25, 0.3) is 5.91 Å². The number of rotatable bonds is 6. The Hall–Kier alpha value is -0.810. The highest BCUT2D eigenvalue weighted by molar-refractivity contribution is 5.94. The lowest BCUT2D eigenvalue weighted by Crippen LogP contribution is -2.42. The van der Waals surface area contributed by atoms with Gasteiger partial charge in [-0.15, -0.1) is 24.8 Å². The molecule has 6 heteroatoms. The van der Waals surface area contributed by atoms with Crippen LogP contribution in [0.2, 0.25) is 0 Å². The van der Waals surface area contributed by atoms with Crippen LogP contribution in [0.25, 0.3) is 0 Å². The zero-order valence-electron chi connectivity index (χ0n) is 15.1. The van der Waals surface area contributed by atoms with Crippen molar-refractivity contribution < 1.29 is 4.79 Å². The molecule has 142 valence electrons. The van der Waals surface area contributed by atoms with Crippen LogP contribution >= 0.6 is 24.8 Å². The molecule has 4 nitrogen and oxygen atoms in total. The molecule has 0 aliphatic carbocycles. The number of carbonyl (C=O) groups is 1. The van der Waals surface area contributed by atoms with Gasteiger partial charge >= 0.3 is 0 Å². The Kier molecular flexibility index (Phi) is 9.80. The van der Waals surface area contributed by atoms with Gasteiger partial charge in [-0.05, 0) is 63.0 Å². The van der Waals surface area contributed by atoms with Crippen molar-refractivity contribution >= 4 is 30.7 Å². The van der Waals surface area contributed by atoms with E-state index in [2.05, 4.69) is 34.2 Å². The Morgan fingerprint density at radius 2 is 2.04 bits per heavy atom. The predicted molar refractivity (Wildman–Crippen MR) is 108 cm³/mol. The van der Waals surface area contributed by atoms with Crippen molar-refractivity contribution in [1.29, 1.82) is 0 Å². The maximum absolute atomic E-state index is 13.0. The lowest BCUT2D eigenvalue weighted by Gasteiger charge is -2.28. The van der Waals surface area contributed by atoms with Crippen LogP contribution in [0.4, 0.5) is 0 Å². The summed E-state index contributed by atoms with van der Waals surface area (Å²) in [5.74, 6) is 0.198. The number of likely N-dealkylation sites (tertiary alicyclic amines) is 1. The Labute approximate surface area is 164 Å². The van der Waals surface area contributed by atoms with Gasteiger partial charge in [-0.1, -0.05) is 19.1 Å². The van der Waals surface area contributed by atoms with Crippen LogP contribution in [0.1, 0.15) is 48.5 Å². The summed E-state index contributed by atoms with van der Waals surface area (Å²) in [6.07, 6.45) is 4.68. The molecule has 1 atom stereocenters. The monoisotopic (exact) mass is 387 g/mol. The first kappa shape index (κ1) is 22.2. The van der Waals surface area contributed by atoms with E-state index in [-0.39, 0.29) is 30.7 Å². The third-order valence-electron chi connectivity index (χ3n) is 4.98. The van der Waals surface area contributed by atoms with Gasteiger partial charge in [0.15, 0.2) is 0 Å². The third kappa shape index (κ3) is 5.85. The topological polar surface area (TPSA) is 35.6 Å². The SMILES string of the molecule is CCCN(C(=O)c1cccc(CN2CCCC2)c1)C1CCNC1.Cl.Cl. The van der Waals surface area contributed by atoms with Crippen LogP contribution in [0.5, 0.6) is 0 Å². The van der Waals surface area contributed by atoms with Gasteiger partial charge in [-0.3, -0.25) is 9.69 Å². The normalized spacial score (nSPS) is 20.0. The highest BCUT2D eigenvalue weighted by atomic mass is 35.5. The number of nitrogens with zero attached hydrogens (tertiary/aromatic N) is 2. The van der Waals surface area contributed by atoms with E-state index in [0.717, 1.165) is 44.6 Å². The Bertz CT molecular complexity index is 529. The zero-order chi connectivity index (χ0) is 16.1. The van der Waals surface area contributed by atoms with E-state index in [1.165, 1.54) is 31.5 Å². The lowest BCUT2D eigenvalue weighted by atomic mass is 10.1. The van der Waals surface area contributed by atoms with E-state index >= 15 is 0 Å². The molecule has 0 aromatic heterocycles. The maximum atomic E-state index is 13.0. The van der Waals surface area contributed by atoms with Gasteiger partial charge in [0.1, 0.15) is 0 Å². The lowest BCUT2D eigenvalue weighted by molar-refractivity contribution is 0.0692. The van der Waals surface area contributed by atoms with Gasteiger partial charge < -0.3 is 10.2 Å². The van der Waals surface area contributed by atoms with Crippen molar-refractivity contribution in [2.75, 3.05) is 32.7 Å². The number of halogens is 2. The van der Waals surface area contributed by atoms with Crippen LogP contribution in [0.3, 0.4) is 0 Å². The van der Waals surface area contributed by atoms with Crippen LogP contribution in [0, 0.1) is 0 Å². The molecule has 2 heterocycles. The molecule has 0 radical (unpaired) electrons. The molecule has 1 N–H and O–H groups in total. The van der Waals surface area contributed by atoms with Crippen molar-refractivity contribution in [3.63, 3.8) is 0 Å². The molecule has 1 amide bonds. The van der Waals surface area contributed by atoms with Crippen molar-refractivity contribution in [2.24, 2.45) is 0 Å². The fraction of sp³-hybridized carbons (Fsp3) is 0.632. The van der Waals surface area contributed by atoms with Gasteiger partial charge in [-0.25, -0.2) is 0 Å². The number of nitrogens with one attached hydrogen (secondary N) is 1. The number of hydrogen-bond acceptors (Lipinski definition) is 3. The third-order valence-corrected chi connectivity index (χ3v) is 4.98. The Morgan fingerprint density at radius 1 is 1.28 bits per heavy atom. The van der Waals surface area contributed by atoms with Crippen molar-refractivity contribution in [3.8, 4) is 0 Å². The van der Waals surface area contributed by atoms with Crippen molar-refractivity contribution in [2.45, 2.75) is 45.2 Å². The minimum atomic E-state index is 0. The highest BCUT2D eigenvalue weighted by Gasteiger charge is 2.26. The summed E-state index contributed by atoms with van der Waals surface area (Å²) in [5.41, 5.74) is 2.11. The zero-order valence-corrected chi connectivity index (χ0v) is 16.7. The van der Waals surface area contributed by atoms with Gasteiger partial charge in [0.05, 0.1) is 0 Å². The first-order valence-electron chi connectivity index (χ1n) is 9.11. The van der Waals surface area contributed by atoms with Gasteiger partial charge in [0, 0.05) is 31.2 Å². The molecule has 1 aromatic rings. The van der Waals surface area contributed by atoms with Crippen LogP contribution in [0.15, 0.2) is 24.3 Å². The summed E-state index contributed by atoms with van der Waals surface area (Å²) >= 11 is 0. The van der Waals surface area contributed by atoms with Crippen molar-refractivity contribution in [1.82, 2.24) is 15.1 Å². The highest BCUT2D eigenvalue weighted by Crippen LogP contribution is 2.17. The fourth-order valence-corrected chi connectivity index (χ4v) is 3.76. The average Bonchev–Trinajstić information content (AvgIpc) is 3.26.